The Morgan fingerprint density at radius 3 is 0.522 bits per heavy atom. The Balaban J connectivity index is 3.06. The molecule has 0 radical (unpaired) electrons. The third-order valence-electron chi connectivity index (χ3n) is 1.24. The maximum absolute atomic E-state index is 5.22. The Morgan fingerprint density at radius 1 is 0.261 bits per heavy atom. The fourth-order valence-corrected chi connectivity index (χ4v) is 115. The van der Waals surface area contributed by atoms with Crippen molar-refractivity contribution in [1.29, 1.82) is 0 Å². The highest BCUT2D eigenvalue weighted by Gasteiger charge is 2.04. The van der Waals surface area contributed by atoms with Gasteiger partial charge in [0, 0.05) is 252 Å². The van der Waals surface area contributed by atoms with Crippen molar-refractivity contribution in [3.8, 4) is 0 Å². The van der Waals surface area contributed by atoms with E-state index < -0.39 is 6.18 Å². The fraction of sp³-hybridized carbons (Fsp3) is 1.00. The van der Waals surface area contributed by atoms with E-state index >= 15 is 0 Å². The topological polar surface area (TPSA) is 0 Å². The molecule has 0 amide bonds. The lowest BCUT2D eigenvalue weighted by Gasteiger charge is -2.00. The zero-order valence-electron chi connectivity index (χ0n) is 19.4. The molecule has 0 saturated carbocycles. The lowest BCUT2D eigenvalue weighted by molar-refractivity contribution is 2.53. The molecule has 278 valence electrons. The number of hydrogen-bond donors (Lipinski definition) is 1. The summed E-state index contributed by atoms with van der Waals surface area (Å²) in [4.78, 5) is 0. The SMILES string of the molecule is CS(=S)(=S)SSSSSSSSSSSSSSSSSSSSSSSSSSSSSSSSSSSSSSSSSS. The minimum Gasteiger partial charge on any atom is -0.0988 e. The van der Waals surface area contributed by atoms with Crippen LogP contribution in [0.1, 0.15) is 0 Å². The third-order valence-corrected chi connectivity index (χ3v) is 96.6. The van der Waals surface area contributed by atoms with Crippen LogP contribution in [0.3, 0.4) is 0 Å². The Hall–Kier alpha value is 15.5. The largest absolute Gasteiger partial charge is 0.0988 e. The Labute approximate surface area is 437 Å². The van der Waals surface area contributed by atoms with Crippen molar-refractivity contribution in [2.75, 3.05) is 6.26 Å². The van der Waals surface area contributed by atoms with Crippen molar-refractivity contribution < 1.29 is 0 Å². The van der Waals surface area contributed by atoms with Crippen LogP contribution in [0.25, 0.3) is 0 Å². The Kier molecular flexibility index (Phi) is 73.3. The normalized spacial score (nSPS) is 12.0. The molecule has 0 aliphatic carbocycles. The van der Waals surface area contributed by atoms with Crippen molar-refractivity contribution in [3.05, 3.63) is 0 Å². The van der Waals surface area contributed by atoms with Gasteiger partial charge in [0.2, 0.25) is 0 Å². The van der Waals surface area contributed by atoms with E-state index in [0.29, 0.717) is 0 Å². The van der Waals surface area contributed by atoms with Gasteiger partial charge in [-0.05, 0) is 186 Å². The monoisotopic (exact) mass is 1450 g/mol. The van der Waals surface area contributed by atoms with Crippen LogP contribution in [0.15, 0.2) is 0 Å². The maximum Gasteiger partial charge on any atom is 0.000468 e. The van der Waals surface area contributed by atoms with Gasteiger partial charge in [0.05, 0.1) is 0 Å². The van der Waals surface area contributed by atoms with Crippen molar-refractivity contribution in [3.63, 3.8) is 0 Å². The second kappa shape index (κ2) is 54.8. The quantitative estimate of drug-likeness (QED) is 0.0350. The molecule has 46 heavy (non-hydrogen) atoms. The van der Waals surface area contributed by atoms with Gasteiger partial charge in [-0.1, -0.05) is 11.7 Å². The number of thiol groups is 1. The van der Waals surface area contributed by atoms with Gasteiger partial charge in [-0.15, -0.1) is 0 Å². The first-order valence-corrected chi connectivity index (χ1v) is 67.4. The van der Waals surface area contributed by atoms with Crippen molar-refractivity contribution in [1.82, 2.24) is 0 Å². The lowest BCUT2D eigenvalue weighted by atomic mass is 12.0. The molecule has 0 rings (SSSR count). The molecule has 0 nitrogen and oxygen atoms in total. The van der Waals surface area contributed by atoms with Crippen LogP contribution in [0.5, 0.6) is 0 Å². The molecular weight excluding hydrogens is 1460 g/mol. The second-order valence-electron chi connectivity index (χ2n) is 3.50. The van der Waals surface area contributed by atoms with E-state index in [1.165, 1.54) is 9.83 Å². The predicted molar refractivity (Wildman–Crippen MR) is 348 cm³/mol. The molecule has 0 aromatic rings. The smallest absolute Gasteiger partial charge is 0.000468 e. The van der Waals surface area contributed by atoms with Gasteiger partial charge in [0.1, 0.15) is 0 Å². The molecule has 0 heterocycles. The van der Waals surface area contributed by atoms with Crippen LogP contribution < -0.4 is 0 Å². The summed E-state index contributed by atoms with van der Waals surface area (Å²) in [5, 5.41) is 0. The molecule has 0 spiro atoms. The summed E-state index contributed by atoms with van der Waals surface area (Å²) in [5.74, 6) is 0. The summed E-state index contributed by atoms with van der Waals surface area (Å²) in [6.45, 7) is 0. The van der Waals surface area contributed by atoms with Gasteiger partial charge in [0.25, 0.3) is 0 Å². The molecule has 0 aromatic heterocycles. The molecular formula is CH4S45. The molecule has 45 heteroatoms. The summed E-state index contributed by atoms with van der Waals surface area (Å²) < 4.78 is 0. The highest BCUT2D eigenvalue weighted by atomic mass is 34.1. The highest BCUT2D eigenvalue weighted by molar-refractivity contribution is 9.62. The molecule has 0 atom stereocenters. The standard InChI is InChI=1S/CH4S45/c1-46(3,4)45-44-43-42-41-40-39-38-37-36-35-34-33-32-31-30-29-28-27-26-25-24-23-22-21-20-19-18-17-16-15-14-13-12-11-10-9-8-7-6-5-2/h2H,1H3. The second-order valence-corrected chi connectivity index (χ2v) is 85.5. The molecule has 0 N–H and O–H groups in total. The van der Waals surface area contributed by atoms with Crippen LogP contribution >= 0.6 is 415 Å². The number of rotatable bonds is 41. The summed E-state index contributed by atoms with van der Waals surface area (Å²) in [6.07, 6.45) is 0.662. The van der Waals surface area contributed by atoms with Gasteiger partial charge in [-0.25, -0.2) is 0 Å². The molecule has 0 unspecified atom stereocenters. The van der Waals surface area contributed by atoms with E-state index in [4.69, 9.17) is 22.4 Å². The van der Waals surface area contributed by atoms with Gasteiger partial charge in [0.15, 0.2) is 0 Å². The van der Waals surface area contributed by atoms with E-state index in [1.54, 1.807) is 128 Å². The van der Waals surface area contributed by atoms with E-state index in [2.05, 4.69) is 11.7 Å². The minimum absolute atomic E-state index is 1.30. The average Bonchev–Trinajstić information content (AvgIpc) is 3.03. The Morgan fingerprint density at radius 2 is 0.391 bits per heavy atom. The molecule has 0 aliphatic heterocycles. The zero-order valence-corrected chi connectivity index (χ0v) is 56.2. The summed E-state index contributed by atoms with van der Waals surface area (Å²) in [7, 11) is 73.4. The Bertz CT molecular complexity index is 631. The number of hydrogen-bond acceptors (Lipinski definition) is 44. The molecule has 0 bridgehead atoms. The van der Waals surface area contributed by atoms with Gasteiger partial charge in [-0.2, -0.15) is 0 Å². The van der Waals surface area contributed by atoms with E-state index in [-0.39, 0.29) is 0 Å². The first-order valence-electron chi connectivity index (χ1n) is 7.76. The van der Waals surface area contributed by atoms with Crippen LogP contribution in [0.2, 0.25) is 0 Å². The summed E-state index contributed by atoms with van der Waals surface area (Å²) in [6, 6.07) is 0. The van der Waals surface area contributed by atoms with Gasteiger partial charge < -0.3 is 0 Å². The van der Waals surface area contributed by atoms with E-state index in [9.17, 15) is 0 Å². The van der Waals surface area contributed by atoms with Crippen LogP contribution in [0.4, 0.5) is 0 Å². The lowest BCUT2D eigenvalue weighted by Crippen LogP contribution is -1.75. The highest BCUT2D eigenvalue weighted by Crippen LogP contribution is 2.68. The summed E-state index contributed by atoms with van der Waals surface area (Å²) in [5.41, 5.74) is 0. The van der Waals surface area contributed by atoms with Crippen molar-refractivity contribution in [2.24, 2.45) is 0 Å². The molecule has 0 saturated heterocycles. The average molecular weight is 1460 g/mol. The van der Waals surface area contributed by atoms with Gasteiger partial charge in [-0.3, -0.25) is 0 Å². The van der Waals surface area contributed by atoms with Crippen LogP contribution in [-0.2, 0) is 28.6 Å². The van der Waals surface area contributed by atoms with Crippen LogP contribution in [0, 0.1) is 0 Å². The fourth-order valence-electron chi connectivity index (χ4n) is 0.494. The molecule has 0 fully saturated rings. The van der Waals surface area contributed by atoms with Gasteiger partial charge >= 0.3 is 0 Å². The first-order chi connectivity index (χ1) is 22.6. The van der Waals surface area contributed by atoms with Crippen molar-refractivity contribution >= 4 is 443 Å². The van der Waals surface area contributed by atoms with Crippen molar-refractivity contribution in [2.45, 2.75) is 0 Å². The predicted octanol–water partition coefficient (Wildman–Crippen LogP) is 27.1. The molecule has 0 aliphatic rings. The van der Waals surface area contributed by atoms with Crippen LogP contribution in [-0.4, -0.2) is 6.26 Å². The minimum atomic E-state index is -1.30. The van der Waals surface area contributed by atoms with E-state index in [1.807, 2.05) is 272 Å². The molecule has 0 aromatic carbocycles. The third kappa shape index (κ3) is 59.5. The van der Waals surface area contributed by atoms with E-state index in [0.717, 1.165) is 0 Å². The summed E-state index contributed by atoms with van der Waals surface area (Å²) >= 11 is 14.5. The first kappa shape index (κ1) is 61.5. The maximum atomic E-state index is 5.22. The zero-order chi connectivity index (χ0) is 33.5.